The third-order valence-corrected chi connectivity index (χ3v) is 5.69. The first-order valence-electron chi connectivity index (χ1n) is 7.62. The Balaban J connectivity index is 1.87. The molecule has 1 aromatic heterocycles. The third kappa shape index (κ3) is 4.91. The zero-order chi connectivity index (χ0) is 19.4. The molecule has 0 amide bonds. The molecule has 0 saturated heterocycles. The van der Waals surface area contributed by atoms with Crippen molar-refractivity contribution in [3.8, 4) is 5.75 Å². The molecule has 0 atom stereocenters. The first-order chi connectivity index (χ1) is 12.8. The molecule has 0 spiro atoms. The van der Waals surface area contributed by atoms with Crippen molar-refractivity contribution in [3.05, 3.63) is 81.5 Å². The average Bonchev–Trinajstić information content (AvgIpc) is 2.64. The van der Waals surface area contributed by atoms with Gasteiger partial charge in [0.2, 0.25) is 15.0 Å². The van der Waals surface area contributed by atoms with E-state index in [1.54, 1.807) is 54.6 Å². The summed E-state index contributed by atoms with van der Waals surface area (Å²) in [6.07, 6.45) is 1.07. The molecule has 0 bridgehead atoms. The molecule has 1 heterocycles. The highest BCUT2D eigenvalue weighted by Gasteiger charge is 2.24. The molecule has 0 N–H and O–H groups in total. The Morgan fingerprint density at radius 3 is 2.41 bits per heavy atom. The fraction of sp³-hybridized carbons (Fsp3) is 0.0556. The number of aromatic nitrogens is 2. The number of hydrogen-bond acceptors (Lipinski definition) is 6. The lowest BCUT2D eigenvalue weighted by molar-refractivity contribution is 0.0727. The van der Waals surface area contributed by atoms with Crippen LogP contribution in [0.15, 0.2) is 70.4 Å². The van der Waals surface area contributed by atoms with Gasteiger partial charge in [-0.3, -0.25) is 0 Å². The summed E-state index contributed by atoms with van der Waals surface area (Å²) in [6, 6.07) is 15.1. The van der Waals surface area contributed by atoms with E-state index in [1.165, 1.54) is 0 Å². The van der Waals surface area contributed by atoms with Crippen LogP contribution >= 0.6 is 27.5 Å². The SMILES string of the molecule is O=C(Oc1ccc(Br)cc1)c1nc(S(=O)(=O)Cc2ccccc2)ncc1Cl. The van der Waals surface area contributed by atoms with E-state index >= 15 is 0 Å². The number of carbonyl (C=O) groups excluding carboxylic acids is 1. The summed E-state index contributed by atoms with van der Waals surface area (Å²) in [5.41, 5.74) is 0.260. The van der Waals surface area contributed by atoms with Gasteiger partial charge in [-0.2, -0.15) is 0 Å². The van der Waals surface area contributed by atoms with Gasteiger partial charge in [0, 0.05) is 4.47 Å². The summed E-state index contributed by atoms with van der Waals surface area (Å²) in [7, 11) is -3.86. The second-order valence-electron chi connectivity index (χ2n) is 5.44. The van der Waals surface area contributed by atoms with Crippen LogP contribution in [0, 0.1) is 0 Å². The van der Waals surface area contributed by atoms with Crippen molar-refractivity contribution in [2.75, 3.05) is 0 Å². The molecule has 0 aliphatic rings. The van der Waals surface area contributed by atoms with Gasteiger partial charge in [-0.05, 0) is 29.8 Å². The van der Waals surface area contributed by atoms with Gasteiger partial charge >= 0.3 is 5.97 Å². The summed E-state index contributed by atoms with van der Waals surface area (Å²) < 4.78 is 31.1. The molecule has 6 nitrogen and oxygen atoms in total. The molecular formula is C18H12BrClN2O4S. The van der Waals surface area contributed by atoms with Gasteiger partial charge < -0.3 is 4.74 Å². The van der Waals surface area contributed by atoms with Crippen LogP contribution in [-0.2, 0) is 15.6 Å². The second-order valence-corrected chi connectivity index (χ2v) is 8.64. The molecule has 0 unspecified atom stereocenters. The molecule has 3 aromatic rings. The van der Waals surface area contributed by atoms with Gasteiger partial charge in [0.25, 0.3) is 0 Å². The van der Waals surface area contributed by atoms with E-state index in [0.29, 0.717) is 5.56 Å². The van der Waals surface area contributed by atoms with Crippen LogP contribution in [0.3, 0.4) is 0 Å². The highest BCUT2D eigenvalue weighted by atomic mass is 79.9. The number of hydrogen-bond donors (Lipinski definition) is 0. The lowest BCUT2D eigenvalue weighted by Crippen LogP contribution is -2.16. The molecule has 2 aromatic carbocycles. The van der Waals surface area contributed by atoms with Crippen molar-refractivity contribution in [1.82, 2.24) is 9.97 Å². The Labute approximate surface area is 169 Å². The van der Waals surface area contributed by atoms with Crippen LogP contribution in [0.5, 0.6) is 5.75 Å². The van der Waals surface area contributed by atoms with Crippen molar-refractivity contribution < 1.29 is 17.9 Å². The van der Waals surface area contributed by atoms with Crippen LogP contribution in [0.2, 0.25) is 5.02 Å². The summed E-state index contributed by atoms with van der Waals surface area (Å²) in [4.78, 5) is 20.0. The van der Waals surface area contributed by atoms with Gasteiger partial charge in [0.15, 0.2) is 5.69 Å². The number of nitrogens with zero attached hydrogens (tertiary/aromatic N) is 2. The minimum atomic E-state index is -3.86. The highest BCUT2D eigenvalue weighted by Crippen LogP contribution is 2.21. The largest absolute Gasteiger partial charge is 0.422 e. The Bertz CT molecular complexity index is 1070. The van der Waals surface area contributed by atoms with Crippen molar-refractivity contribution in [2.45, 2.75) is 10.9 Å². The van der Waals surface area contributed by atoms with Gasteiger partial charge in [-0.1, -0.05) is 57.9 Å². The molecule has 138 valence electrons. The predicted octanol–water partition coefficient (Wildman–Crippen LogP) is 4.09. The first kappa shape index (κ1) is 19.5. The minimum absolute atomic E-state index is 0.101. The monoisotopic (exact) mass is 466 g/mol. The zero-order valence-corrected chi connectivity index (χ0v) is 16.8. The Morgan fingerprint density at radius 1 is 1.07 bits per heavy atom. The van der Waals surface area contributed by atoms with Crippen molar-refractivity contribution in [2.24, 2.45) is 0 Å². The van der Waals surface area contributed by atoms with E-state index in [4.69, 9.17) is 16.3 Å². The Hall–Kier alpha value is -2.29. The normalized spacial score (nSPS) is 11.2. The molecule has 9 heteroatoms. The molecule has 0 aliphatic heterocycles. The molecular weight excluding hydrogens is 456 g/mol. The maximum atomic E-state index is 12.6. The quantitative estimate of drug-likeness (QED) is 0.319. The number of ether oxygens (including phenoxy) is 1. The standard InChI is InChI=1S/C18H12BrClN2O4S/c19-13-6-8-14(9-7-13)26-17(23)16-15(20)10-21-18(22-16)27(24,25)11-12-4-2-1-3-5-12/h1-10H,11H2. The predicted molar refractivity (Wildman–Crippen MR) is 103 cm³/mol. The van der Waals surface area contributed by atoms with Crippen LogP contribution in [-0.4, -0.2) is 24.4 Å². The number of sulfone groups is 1. The lowest BCUT2D eigenvalue weighted by atomic mass is 10.2. The lowest BCUT2D eigenvalue weighted by Gasteiger charge is -2.08. The van der Waals surface area contributed by atoms with E-state index in [1.807, 2.05) is 0 Å². The van der Waals surface area contributed by atoms with Crippen LogP contribution in [0.1, 0.15) is 16.1 Å². The number of benzene rings is 2. The van der Waals surface area contributed by atoms with Gasteiger partial charge in [-0.25, -0.2) is 23.2 Å². The van der Waals surface area contributed by atoms with Gasteiger partial charge in [0.1, 0.15) is 5.75 Å². The van der Waals surface area contributed by atoms with Gasteiger partial charge in [-0.15, -0.1) is 0 Å². The van der Waals surface area contributed by atoms with Crippen molar-refractivity contribution >= 4 is 43.3 Å². The van der Waals surface area contributed by atoms with Gasteiger partial charge in [0.05, 0.1) is 17.0 Å². The van der Waals surface area contributed by atoms with E-state index in [-0.39, 0.29) is 22.2 Å². The molecule has 0 aliphatic carbocycles. The topological polar surface area (TPSA) is 86.2 Å². The third-order valence-electron chi connectivity index (χ3n) is 3.42. The Morgan fingerprint density at radius 2 is 1.74 bits per heavy atom. The summed E-state index contributed by atoms with van der Waals surface area (Å²) in [6.45, 7) is 0. The van der Waals surface area contributed by atoms with Crippen LogP contribution in [0.25, 0.3) is 0 Å². The van der Waals surface area contributed by atoms with Crippen molar-refractivity contribution in [1.29, 1.82) is 0 Å². The molecule has 27 heavy (non-hydrogen) atoms. The molecule has 0 radical (unpaired) electrons. The summed E-state index contributed by atoms with van der Waals surface area (Å²) in [5.74, 6) is -0.899. The second kappa shape index (κ2) is 8.16. The molecule has 3 rings (SSSR count). The maximum Gasteiger partial charge on any atom is 0.364 e. The molecule has 0 fully saturated rings. The van der Waals surface area contributed by atoms with Crippen LogP contribution < -0.4 is 4.74 Å². The summed E-state index contributed by atoms with van der Waals surface area (Å²) in [5, 5.41) is -0.589. The number of carbonyl (C=O) groups is 1. The van der Waals surface area contributed by atoms with Crippen molar-refractivity contribution in [3.63, 3.8) is 0 Å². The maximum absolute atomic E-state index is 12.6. The smallest absolute Gasteiger partial charge is 0.364 e. The van der Waals surface area contributed by atoms with E-state index in [2.05, 4.69) is 25.9 Å². The van der Waals surface area contributed by atoms with E-state index in [0.717, 1.165) is 10.7 Å². The summed E-state index contributed by atoms with van der Waals surface area (Å²) >= 11 is 9.24. The number of rotatable bonds is 5. The Kier molecular flexibility index (Phi) is 5.88. The van der Waals surface area contributed by atoms with E-state index in [9.17, 15) is 13.2 Å². The fourth-order valence-electron chi connectivity index (χ4n) is 2.16. The van der Waals surface area contributed by atoms with E-state index < -0.39 is 21.0 Å². The number of esters is 1. The first-order valence-corrected chi connectivity index (χ1v) is 10.4. The zero-order valence-electron chi connectivity index (χ0n) is 13.7. The average molecular weight is 468 g/mol. The minimum Gasteiger partial charge on any atom is -0.422 e. The van der Waals surface area contributed by atoms with Crippen LogP contribution in [0.4, 0.5) is 0 Å². The number of halogens is 2. The fourth-order valence-corrected chi connectivity index (χ4v) is 3.80. The highest BCUT2D eigenvalue weighted by molar-refractivity contribution is 9.10. The molecule has 0 saturated carbocycles.